The van der Waals surface area contributed by atoms with Gasteiger partial charge in [-0.2, -0.15) is 0 Å². The Hall–Kier alpha value is -1.15. The van der Waals surface area contributed by atoms with Crippen molar-refractivity contribution in [3.8, 4) is 0 Å². The standard InChI is InChI=1S/C27H39BrO/c1-23(29)27(22-28)18-12-10-8-6-4-2-3-5-7-9-11-15-24-19-20-25-16-13-14-17-26(25)21-24/h13-14,16-17,19-21,27H,2-12,15,18,22H2,1H3. The maximum absolute atomic E-state index is 11.4. The van der Waals surface area contributed by atoms with Crippen LogP contribution in [0.3, 0.4) is 0 Å². The van der Waals surface area contributed by atoms with Gasteiger partial charge in [0.2, 0.25) is 0 Å². The van der Waals surface area contributed by atoms with E-state index in [0.717, 1.165) is 11.8 Å². The molecule has 0 spiro atoms. The molecular formula is C27H39BrO. The van der Waals surface area contributed by atoms with Gasteiger partial charge in [-0.3, -0.25) is 4.79 Å². The summed E-state index contributed by atoms with van der Waals surface area (Å²) in [7, 11) is 0. The van der Waals surface area contributed by atoms with Gasteiger partial charge < -0.3 is 0 Å². The van der Waals surface area contributed by atoms with Crippen molar-refractivity contribution < 1.29 is 4.79 Å². The van der Waals surface area contributed by atoms with Gasteiger partial charge in [-0.15, -0.1) is 0 Å². The van der Waals surface area contributed by atoms with Crippen molar-refractivity contribution in [2.45, 2.75) is 90.4 Å². The molecule has 0 heterocycles. The third-order valence-corrected chi connectivity index (χ3v) is 6.87. The van der Waals surface area contributed by atoms with E-state index in [1.807, 2.05) is 0 Å². The normalized spacial score (nSPS) is 12.3. The predicted octanol–water partition coefficient (Wildman–Crippen LogP) is 8.66. The van der Waals surface area contributed by atoms with E-state index < -0.39 is 0 Å². The van der Waals surface area contributed by atoms with E-state index in [2.05, 4.69) is 58.4 Å². The van der Waals surface area contributed by atoms with Crippen LogP contribution in [0.15, 0.2) is 42.5 Å². The Kier molecular flexibility index (Phi) is 12.3. The Morgan fingerprint density at radius 2 is 1.31 bits per heavy atom. The van der Waals surface area contributed by atoms with E-state index in [0.29, 0.717) is 5.78 Å². The van der Waals surface area contributed by atoms with E-state index in [4.69, 9.17) is 0 Å². The van der Waals surface area contributed by atoms with Crippen LogP contribution in [0.25, 0.3) is 10.8 Å². The topological polar surface area (TPSA) is 17.1 Å². The molecule has 2 aromatic rings. The fraction of sp³-hybridized carbons (Fsp3) is 0.593. The molecule has 0 amide bonds. The van der Waals surface area contributed by atoms with Crippen molar-refractivity contribution in [1.82, 2.24) is 0 Å². The number of hydrogen-bond donors (Lipinski definition) is 0. The predicted molar refractivity (Wildman–Crippen MR) is 131 cm³/mol. The molecule has 0 saturated heterocycles. The highest BCUT2D eigenvalue weighted by Gasteiger charge is 2.11. The average molecular weight is 460 g/mol. The lowest BCUT2D eigenvalue weighted by Crippen LogP contribution is -2.11. The molecular weight excluding hydrogens is 420 g/mol. The molecule has 0 aliphatic carbocycles. The minimum absolute atomic E-state index is 0.233. The van der Waals surface area contributed by atoms with E-state index in [1.165, 1.54) is 93.4 Å². The highest BCUT2D eigenvalue weighted by atomic mass is 79.9. The molecule has 1 nitrogen and oxygen atoms in total. The van der Waals surface area contributed by atoms with Crippen molar-refractivity contribution in [3.63, 3.8) is 0 Å². The van der Waals surface area contributed by atoms with Crippen LogP contribution in [-0.4, -0.2) is 11.1 Å². The van der Waals surface area contributed by atoms with Crippen LogP contribution in [0.5, 0.6) is 0 Å². The molecule has 0 aliphatic rings. The number of ketones is 1. The van der Waals surface area contributed by atoms with Gasteiger partial charge in [-0.25, -0.2) is 0 Å². The minimum Gasteiger partial charge on any atom is -0.300 e. The van der Waals surface area contributed by atoms with Crippen molar-refractivity contribution in [3.05, 3.63) is 48.0 Å². The molecule has 0 saturated carbocycles. The lowest BCUT2D eigenvalue weighted by Gasteiger charge is -2.09. The molecule has 0 fully saturated rings. The minimum atomic E-state index is 0.233. The number of halogens is 1. The molecule has 29 heavy (non-hydrogen) atoms. The summed E-state index contributed by atoms with van der Waals surface area (Å²) < 4.78 is 0. The number of benzene rings is 2. The van der Waals surface area contributed by atoms with E-state index in [1.54, 1.807) is 6.92 Å². The Morgan fingerprint density at radius 3 is 1.90 bits per heavy atom. The molecule has 160 valence electrons. The molecule has 0 aliphatic heterocycles. The summed E-state index contributed by atoms with van der Waals surface area (Å²) in [5, 5.41) is 3.53. The van der Waals surface area contributed by atoms with Crippen molar-refractivity contribution >= 4 is 32.5 Å². The van der Waals surface area contributed by atoms with Crippen molar-refractivity contribution in [2.75, 3.05) is 5.33 Å². The molecule has 2 aromatic carbocycles. The van der Waals surface area contributed by atoms with Crippen LogP contribution in [0.2, 0.25) is 0 Å². The van der Waals surface area contributed by atoms with Crippen LogP contribution < -0.4 is 0 Å². The summed E-state index contributed by atoms with van der Waals surface area (Å²) >= 11 is 3.45. The number of rotatable bonds is 16. The van der Waals surface area contributed by atoms with Crippen molar-refractivity contribution in [1.29, 1.82) is 0 Å². The Bertz CT molecular complexity index is 709. The fourth-order valence-corrected chi connectivity index (χ4v) is 4.87. The van der Waals surface area contributed by atoms with Gasteiger partial charge >= 0.3 is 0 Å². The van der Waals surface area contributed by atoms with E-state index >= 15 is 0 Å². The first kappa shape index (κ1) is 24.1. The average Bonchev–Trinajstić information content (AvgIpc) is 2.73. The Morgan fingerprint density at radius 1 is 0.759 bits per heavy atom. The van der Waals surface area contributed by atoms with Gasteiger partial charge in [0.1, 0.15) is 5.78 Å². The highest BCUT2D eigenvalue weighted by Crippen LogP contribution is 2.19. The smallest absolute Gasteiger partial charge is 0.133 e. The number of Topliss-reactive ketones (excluding diaryl/α,β-unsaturated/α-hetero) is 1. The number of unbranched alkanes of at least 4 members (excludes halogenated alkanes) is 10. The van der Waals surface area contributed by atoms with Gasteiger partial charge in [0.15, 0.2) is 0 Å². The first-order chi connectivity index (χ1) is 14.2. The van der Waals surface area contributed by atoms with E-state index in [-0.39, 0.29) is 5.92 Å². The molecule has 0 N–H and O–H groups in total. The SMILES string of the molecule is CC(=O)C(CBr)CCCCCCCCCCCCCc1ccc2ccccc2c1. The fourth-order valence-electron chi connectivity index (χ4n) is 4.09. The molecule has 0 aromatic heterocycles. The summed E-state index contributed by atoms with van der Waals surface area (Å²) in [4.78, 5) is 11.4. The lowest BCUT2D eigenvalue weighted by molar-refractivity contribution is -0.120. The zero-order chi connectivity index (χ0) is 20.7. The van der Waals surface area contributed by atoms with Crippen LogP contribution in [0.1, 0.15) is 89.5 Å². The number of aryl methyl sites for hydroxylation is 1. The molecule has 1 unspecified atom stereocenters. The first-order valence-corrected chi connectivity index (χ1v) is 12.9. The van der Waals surface area contributed by atoms with Gasteiger partial charge in [0, 0.05) is 11.2 Å². The van der Waals surface area contributed by atoms with Gasteiger partial charge in [0.25, 0.3) is 0 Å². The summed E-state index contributed by atoms with van der Waals surface area (Å²) in [6.07, 6.45) is 17.1. The summed E-state index contributed by atoms with van der Waals surface area (Å²) in [5.41, 5.74) is 1.48. The maximum atomic E-state index is 11.4. The molecule has 2 rings (SSSR count). The van der Waals surface area contributed by atoms with Gasteiger partial charge in [-0.1, -0.05) is 123 Å². The van der Waals surface area contributed by atoms with Gasteiger partial charge in [-0.05, 0) is 42.5 Å². The number of alkyl halides is 1. The second-order valence-electron chi connectivity index (χ2n) is 8.57. The second-order valence-corrected chi connectivity index (χ2v) is 9.22. The zero-order valence-electron chi connectivity index (χ0n) is 18.3. The zero-order valence-corrected chi connectivity index (χ0v) is 19.9. The monoisotopic (exact) mass is 458 g/mol. The third-order valence-electron chi connectivity index (χ3n) is 6.09. The van der Waals surface area contributed by atoms with Gasteiger partial charge in [0.05, 0.1) is 0 Å². The first-order valence-electron chi connectivity index (χ1n) is 11.7. The quantitative estimate of drug-likeness (QED) is 0.181. The lowest BCUT2D eigenvalue weighted by atomic mass is 9.98. The van der Waals surface area contributed by atoms with Crippen LogP contribution in [0.4, 0.5) is 0 Å². The summed E-state index contributed by atoms with van der Waals surface area (Å²) in [5.74, 6) is 0.565. The van der Waals surface area contributed by atoms with Crippen LogP contribution in [-0.2, 0) is 11.2 Å². The Balaban J connectivity index is 1.39. The molecule has 1 atom stereocenters. The number of fused-ring (bicyclic) bond motifs is 1. The van der Waals surface area contributed by atoms with E-state index in [9.17, 15) is 4.79 Å². The van der Waals surface area contributed by atoms with Crippen molar-refractivity contribution in [2.24, 2.45) is 5.92 Å². The third kappa shape index (κ3) is 9.94. The largest absolute Gasteiger partial charge is 0.300 e. The number of carbonyl (C=O) groups excluding carboxylic acids is 1. The summed E-state index contributed by atoms with van der Waals surface area (Å²) in [6, 6.07) is 15.5. The molecule has 2 heteroatoms. The second kappa shape index (κ2) is 14.8. The maximum Gasteiger partial charge on any atom is 0.133 e. The number of carbonyl (C=O) groups is 1. The number of hydrogen-bond acceptors (Lipinski definition) is 1. The molecule has 0 bridgehead atoms. The summed E-state index contributed by atoms with van der Waals surface area (Å²) in [6.45, 7) is 1.72. The van der Waals surface area contributed by atoms with Crippen LogP contribution in [0, 0.1) is 5.92 Å². The molecule has 0 radical (unpaired) electrons. The Labute approximate surface area is 186 Å². The highest BCUT2D eigenvalue weighted by molar-refractivity contribution is 9.09. The van der Waals surface area contributed by atoms with Crippen LogP contribution >= 0.6 is 15.9 Å².